The quantitative estimate of drug-likeness (QED) is 0.503. The van der Waals surface area contributed by atoms with Crippen LogP contribution in [0.1, 0.15) is 32.8 Å². The lowest BCUT2D eigenvalue weighted by molar-refractivity contribution is -0.385. The molecule has 0 aliphatic rings. The van der Waals surface area contributed by atoms with Gasteiger partial charge in [0.2, 0.25) is 0 Å². The van der Waals surface area contributed by atoms with Crippen LogP contribution in [0.2, 0.25) is 5.02 Å². The monoisotopic (exact) mass is 270 g/mol. The molecule has 0 saturated carbocycles. The molecule has 0 radical (unpaired) electrons. The van der Waals surface area contributed by atoms with Crippen LogP contribution in [0, 0.1) is 15.5 Å². The van der Waals surface area contributed by atoms with E-state index in [1.165, 1.54) is 6.07 Å². The third-order valence-electron chi connectivity index (χ3n) is 2.61. The third-order valence-corrected chi connectivity index (χ3v) is 2.85. The average Bonchev–Trinajstić information content (AvgIpc) is 2.24. The second-order valence-corrected chi connectivity index (χ2v) is 5.95. The lowest BCUT2D eigenvalue weighted by Crippen LogP contribution is -2.20. The van der Waals surface area contributed by atoms with E-state index in [0.29, 0.717) is 17.1 Å². The molecule has 1 N–H and O–H groups in total. The van der Waals surface area contributed by atoms with Gasteiger partial charge in [0.05, 0.1) is 4.92 Å². The number of hydrogen-bond acceptors (Lipinski definition) is 3. The van der Waals surface area contributed by atoms with Crippen molar-refractivity contribution in [3.8, 4) is 0 Å². The van der Waals surface area contributed by atoms with Crippen molar-refractivity contribution in [1.82, 2.24) is 5.32 Å². The Morgan fingerprint density at radius 1 is 1.39 bits per heavy atom. The van der Waals surface area contributed by atoms with Crippen LogP contribution in [0.4, 0.5) is 5.69 Å². The van der Waals surface area contributed by atoms with Gasteiger partial charge in [0, 0.05) is 23.2 Å². The van der Waals surface area contributed by atoms with Crippen LogP contribution in [0.15, 0.2) is 18.2 Å². The molecule has 0 atom stereocenters. The summed E-state index contributed by atoms with van der Waals surface area (Å²) in [4.78, 5) is 10.5. The van der Waals surface area contributed by atoms with Crippen molar-refractivity contribution in [3.05, 3.63) is 38.9 Å². The molecule has 4 nitrogen and oxygen atoms in total. The van der Waals surface area contributed by atoms with Crippen molar-refractivity contribution in [2.24, 2.45) is 5.41 Å². The molecule has 1 rings (SSSR count). The molecule has 0 saturated heterocycles. The zero-order chi connectivity index (χ0) is 13.8. The molecule has 0 aliphatic heterocycles. The summed E-state index contributed by atoms with van der Waals surface area (Å²) in [6.45, 7) is 7.82. The van der Waals surface area contributed by atoms with Gasteiger partial charge >= 0.3 is 0 Å². The Hall–Kier alpha value is -1.13. The number of nitrogens with zero attached hydrogens (tertiary/aromatic N) is 1. The maximum atomic E-state index is 10.9. The zero-order valence-corrected chi connectivity index (χ0v) is 11.8. The van der Waals surface area contributed by atoms with Gasteiger partial charge in [-0.05, 0) is 30.5 Å². The number of nitro groups is 1. The van der Waals surface area contributed by atoms with Crippen molar-refractivity contribution in [1.29, 1.82) is 0 Å². The highest BCUT2D eigenvalue weighted by atomic mass is 35.5. The van der Waals surface area contributed by atoms with Crippen LogP contribution >= 0.6 is 11.6 Å². The van der Waals surface area contributed by atoms with E-state index in [-0.39, 0.29) is 11.1 Å². The van der Waals surface area contributed by atoms with Crippen LogP contribution in [-0.2, 0) is 6.54 Å². The highest BCUT2D eigenvalue weighted by Gasteiger charge is 2.14. The smallest absolute Gasteiger partial charge is 0.275 e. The summed E-state index contributed by atoms with van der Waals surface area (Å²) in [5.74, 6) is 0. The summed E-state index contributed by atoms with van der Waals surface area (Å²) >= 11 is 5.76. The largest absolute Gasteiger partial charge is 0.312 e. The van der Waals surface area contributed by atoms with Crippen molar-refractivity contribution in [3.63, 3.8) is 0 Å². The molecule has 0 aromatic heterocycles. The molecule has 0 heterocycles. The predicted molar refractivity (Wildman–Crippen MR) is 73.9 cm³/mol. The fraction of sp³-hybridized carbons (Fsp3) is 0.538. The van der Waals surface area contributed by atoms with E-state index in [1.54, 1.807) is 12.1 Å². The van der Waals surface area contributed by atoms with Gasteiger partial charge in [-0.1, -0.05) is 32.4 Å². The highest BCUT2D eigenvalue weighted by Crippen LogP contribution is 2.23. The van der Waals surface area contributed by atoms with Crippen LogP contribution in [0.25, 0.3) is 0 Å². The Bertz CT molecular complexity index is 427. The summed E-state index contributed by atoms with van der Waals surface area (Å²) in [6.07, 6.45) is 1.02. The summed E-state index contributed by atoms with van der Waals surface area (Å²) < 4.78 is 0. The molecule has 1 aromatic carbocycles. The van der Waals surface area contributed by atoms with Crippen LogP contribution in [0.3, 0.4) is 0 Å². The topological polar surface area (TPSA) is 55.2 Å². The normalized spacial score (nSPS) is 11.6. The molecule has 0 spiro atoms. The number of benzene rings is 1. The second-order valence-electron chi connectivity index (χ2n) is 5.52. The maximum absolute atomic E-state index is 10.9. The Morgan fingerprint density at radius 3 is 2.61 bits per heavy atom. The highest BCUT2D eigenvalue weighted by molar-refractivity contribution is 6.30. The van der Waals surface area contributed by atoms with Gasteiger partial charge in [-0.15, -0.1) is 0 Å². The molecule has 5 heteroatoms. The van der Waals surface area contributed by atoms with Crippen LogP contribution < -0.4 is 5.32 Å². The fourth-order valence-electron chi connectivity index (χ4n) is 1.54. The first-order chi connectivity index (χ1) is 8.29. The molecule has 0 bridgehead atoms. The minimum absolute atomic E-state index is 0.0748. The van der Waals surface area contributed by atoms with Gasteiger partial charge in [0.1, 0.15) is 0 Å². The van der Waals surface area contributed by atoms with Crippen LogP contribution in [0.5, 0.6) is 0 Å². The lowest BCUT2D eigenvalue weighted by Gasteiger charge is -2.18. The SMILES string of the molecule is CC(C)(C)CCNCc1ccc(Cl)cc1[N+](=O)[O-]. The maximum Gasteiger partial charge on any atom is 0.275 e. The number of halogens is 1. The summed E-state index contributed by atoms with van der Waals surface area (Å²) in [7, 11) is 0. The van der Waals surface area contributed by atoms with Gasteiger partial charge in [-0.3, -0.25) is 10.1 Å². The first-order valence-corrected chi connectivity index (χ1v) is 6.31. The fourth-order valence-corrected chi connectivity index (χ4v) is 1.71. The van der Waals surface area contributed by atoms with E-state index < -0.39 is 4.92 Å². The minimum Gasteiger partial charge on any atom is -0.312 e. The molecule has 100 valence electrons. The van der Waals surface area contributed by atoms with Crippen molar-refractivity contribution in [2.45, 2.75) is 33.7 Å². The summed E-state index contributed by atoms with van der Waals surface area (Å²) in [5, 5.41) is 14.5. The summed E-state index contributed by atoms with van der Waals surface area (Å²) in [6, 6.07) is 4.77. The predicted octanol–water partition coefficient (Wildman–Crippen LogP) is 3.77. The first kappa shape index (κ1) is 14.9. The van der Waals surface area contributed by atoms with Crippen molar-refractivity contribution in [2.75, 3.05) is 6.54 Å². The van der Waals surface area contributed by atoms with Crippen molar-refractivity contribution >= 4 is 17.3 Å². The molecule has 18 heavy (non-hydrogen) atoms. The summed E-state index contributed by atoms with van der Waals surface area (Å²) in [5.41, 5.74) is 1.00. The number of nitro benzene ring substituents is 1. The number of hydrogen-bond donors (Lipinski definition) is 1. The molecule has 0 amide bonds. The Kier molecular flexibility index (Phi) is 5.11. The van der Waals surface area contributed by atoms with Gasteiger partial charge < -0.3 is 5.32 Å². The molecule has 1 aromatic rings. The number of nitrogens with one attached hydrogen (secondary N) is 1. The van der Waals surface area contributed by atoms with E-state index in [9.17, 15) is 10.1 Å². The Morgan fingerprint density at radius 2 is 2.06 bits per heavy atom. The molecular weight excluding hydrogens is 252 g/mol. The molecular formula is C13H19ClN2O2. The Labute approximate surface area is 112 Å². The van der Waals surface area contributed by atoms with Gasteiger partial charge in [0.15, 0.2) is 0 Å². The zero-order valence-electron chi connectivity index (χ0n) is 11.0. The lowest BCUT2D eigenvalue weighted by atomic mass is 9.92. The van der Waals surface area contributed by atoms with Crippen LogP contribution in [-0.4, -0.2) is 11.5 Å². The van der Waals surface area contributed by atoms with E-state index in [0.717, 1.165) is 13.0 Å². The van der Waals surface area contributed by atoms with Crippen molar-refractivity contribution < 1.29 is 4.92 Å². The van der Waals surface area contributed by atoms with E-state index in [1.807, 2.05) is 0 Å². The third kappa shape index (κ3) is 5.02. The van der Waals surface area contributed by atoms with E-state index in [4.69, 9.17) is 11.6 Å². The van der Waals surface area contributed by atoms with Gasteiger partial charge in [-0.25, -0.2) is 0 Å². The minimum atomic E-state index is -0.396. The van der Waals surface area contributed by atoms with Gasteiger partial charge in [0.25, 0.3) is 5.69 Å². The molecule has 0 unspecified atom stereocenters. The standard InChI is InChI=1S/C13H19ClN2O2/c1-13(2,3)6-7-15-9-10-4-5-11(14)8-12(10)16(17)18/h4-5,8,15H,6-7,9H2,1-3H3. The average molecular weight is 271 g/mol. The van der Waals surface area contributed by atoms with E-state index >= 15 is 0 Å². The second kappa shape index (κ2) is 6.16. The Balaban J connectivity index is 2.59. The first-order valence-electron chi connectivity index (χ1n) is 5.93. The molecule has 0 aliphatic carbocycles. The van der Waals surface area contributed by atoms with E-state index in [2.05, 4.69) is 26.1 Å². The molecule has 0 fully saturated rings. The number of rotatable bonds is 5. The van der Waals surface area contributed by atoms with Gasteiger partial charge in [-0.2, -0.15) is 0 Å².